The summed E-state index contributed by atoms with van der Waals surface area (Å²) in [6, 6.07) is 18.0. The van der Waals surface area contributed by atoms with Crippen molar-refractivity contribution in [3.63, 3.8) is 0 Å². The normalized spacial score (nSPS) is 11.2. The molecule has 0 saturated heterocycles. The van der Waals surface area contributed by atoms with E-state index in [4.69, 9.17) is 8.94 Å². The number of para-hydroxylation sites is 1. The number of furan rings is 1. The number of rotatable bonds is 5. The highest BCUT2D eigenvalue weighted by atomic mass is 79.9. The summed E-state index contributed by atoms with van der Waals surface area (Å²) in [5, 5.41) is 11.0. The third-order valence-corrected chi connectivity index (χ3v) is 5.57. The van der Waals surface area contributed by atoms with E-state index in [-0.39, 0.29) is 0 Å². The van der Waals surface area contributed by atoms with Crippen molar-refractivity contribution in [2.24, 2.45) is 0 Å². The summed E-state index contributed by atoms with van der Waals surface area (Å²) in [5.41, 5.74) is 2.63. The van der Waals surface area contributed by atoms with Gasteiger partial charge in [0.1, 0.15) is 5.58 Å². The first kappa shape index (κ1) is 17.2. The van der Waals surface area contributed by atoms with Crippen LogP contribution >= 0.6 is 27.3 Å². The van der Waals surface area contributed by atoms with E-state index in [1.165, 1.54) is 0 Å². The maximum Gasteiger partial charge on any atom is 0.322 e. The average Bonchev–Trinajstić information content (AvgIpc) is 3.45. The number of aromatic nitrogens is 3. The number of hydrogen-bond donors (Lipinski definition) is 1. The molecule has 0 fully saturated rings. The van der Waals surface area contributed by atoms with Gasteiger partial charge in [-0.3, -0.25) is 0 Å². The molecule has 0 amide bonds. The van der Waals surface area contributed by atoms with Gasteiger partial charge in [-0.1, -0.05) is 39.3 Å². The third-order valence-electron chi connectivity index (χ3n) is 4.14. The highest BCUT2D eigenvalue weighted by molar-refractivity contribution is 9.10. The molecular weight excluding hydrogens is 440 g/mol. The summed E-state index contributed by atoms with van der Waals surface area (Å²) in [7, 11) is 0. The fraction of sp³-hybridized carbons (Fsp3) is 0.0500. The monoisotopic (exact) mass is 452 g/mol. The number of thiazole rings is 1. The quantitative estimate of drug-likeness (QED) is 0.353. The Morgan fingerprint density at radius 3 is 2.75 bits per heavy atom. The Morgan fingerprint density at radius 1 is 1.04 bits per heavy atom. The zero-order chi connectivity index (χ0) is 18.9. The van der Waals surface area contributed by atoms with Crippen LogP contribution in [0.15, 0.2) is 73.4 Å². The summed E-state index contributed by atoms with van der Waals surface area (Å²) in [4.78, 5) is 9.00. The molecule has 0 aliphatic carbocycles. The Labute approximate surface area is 172 Å². The lowest BCUT2D eigenvalue weighted by Crippen LogP contribution is -1.99. The average molecular weight is 453 g/mol. The van der Waals surface area contributed by atoms with Crippen LogP contribution in [0.5, 0.6) is 0 Å². The first-order valence-electron chi connectivity index (χ1n) is 8.51. The SMILES string of the molecule is Brc1ccc(-c2noc(NCc3csc(-c4cc5ccccc5o4)n3)n2)cc1. The van der Waals surface area contributed by atoms with Gasteiger partial charge in [-0.25, -0.2) is 4.98 Å². The zero-order valence-electron chi connectivity index (χ0n) is 14.4. The van der Waals surface area contributed by atoms with E-state index in [1.807, 2.05) is 60.0 Å². The molecule has 0 spiro atoms. The molecule has 0 radical (unpaired) electrons. The topological polar surface area (TPSA) is 77.0 Å². The van der Waals surface area contributed by atoms with E-state index in [1.54, 1.807) is 11.3 Å². The molecule has 138 valence electrons. The van der Waals surface area contributed by atoms with Crippen LogP contribution in [0.4, 0.5) is 6.01 Å². The van der Waals surface area contributed by atoms with E-state index in [2.05, 4.69) is 36.4 Å². The van der Waals surface area contributed by atoms with Gasteiger partial charge in [0.25, 0.3) is 0 Å². The van der Waals surface area contributed by atoms with Crippen LogP contribution in [0, 0.1) is 0 Å². The van der Waals surface area contributed by atoms with Crippen LogP contribution in [0.2, 0.25) is 0 Å². The van der Waals surface area contributed by atoms with Gasteiger partial charge in [-0.15, -0.1) is 11.3 Å². The van der Waals surface area contributed by atoms with Crippen LogP contribution in [0.3, 0.4) is 0 Å². The first-order chi connectivity index (χ1) is 13.7. The highest BCUT2D eigenvalue weighted by Gasteiger charge is 2.12. The molecule has 5 rings (SSSR count). The lowest BCUT2D eigenvalue weighted by atomic mass is 10.2. The molecular formula is C20H13BrN4O2S. The lowest BCUT2D eigenvalue weighted by molar-refractivity contribution is 0.432. The minimum absolute atomic E-state index is 0.358. The Hall–Kier alpha value is -2.97. The van der Waals surface area contributed by atoms with Crippen LogP contribution in [0.1, 0.15) is 5.69 Å². The molecule has 0 unspecified atom stereocenters. The number of fused-ring (bicyclic) bond motifs is 1. The van der Waals surface area contributed by atoms with Gasteiger partial charge in [0, 0.05) is 20.8 Å². The van der Waals surface area contributed by atoms with Crippen molar-refractivity contribution < 1.29 is 8.94 Å². The van der Waals surface area contributed by atoms with Crippen molar-refractivity contribution in [3.05, 3.63) is 70.1 Å². The maximum atomic E-state index is 5.87. The molecule has 1 N–H and O–H groups in total. The van der Waals surface area contributed by atoms with Crippen LogP contribution < -0.4 is 5.32 Å². The van der Waals surface area contributed by atoms with Crippen molar-refractivity contribution >= 4 is 44.3 Å². The second-order valence-corrected chi connectivity index (χ2v) is 7.85. The Kier molecular flexibility index (Phi) is 4.42. The number of nitrogens with one attached hydrogen (secondary N) is 1. The molecule has 6 nitrogen and oxygen atoms in total. The molecule has 3 heterocycles. The molecule has 0 aliphatic rings. The van der Waals surface area contributed by atoms with Gasteiger partial charge >= 0.3 is 6.01 Å². The molecule has 0 aliphatic heterocycles. The van der Waals surface area contributed by atoms with Crippen molar-refractivity contribution in [2.45, 2.75) is 6.54 Å². The Balaban J connectivity index is 1.28. The second-order valence-electron chi connectivity index (χ2n) is 6.08. The Morgan fingerprint density at radius 2 is 1.89 bits per heavy atom. The summed E-state index contributed by atoms with van der Waals surface area (Å²) < 4.78 is 12.2. The van der Waals surface area contributed by atoms with Crippen molar-refractivity contribution in [2.75, 3.05) is 5.32 Å². The molecule has 0 atom stereocenters. The number of hydrogen-bond acceptors (Lipinski definition) is 7. The van der Waals surface area contributed by atoms with E-state index < -0.39 is 0 Å². The third kappa shape index (κ3) is 3.44. The minimum Gasteiger partial charge on any atom is -0.454 e. The van der Waals surface area contributed by atoms with Gasteiger partial charge in [0.2, 0.25) is 5.82 Å². The summed E-state index contributed by atoms with van der Waals surface area (Å²) >= 11 is 4.95. The van der Waals surface area contributed by atoms with Gasteiger partial charge in [0.15, 0.2) is 10.8 Å². The van der Waals surface area contributed by atoms with Crippen LogP contribution in [0.25, 0.3) is 33.1 Å². The lowest BCUT2D eigenvalue weighted by Gasteiger charge is -1.96. The molecule has 28 heavy (non-hydrogen) atoms. The van der Waals surface area contributed by atoms with E-state index in [9.17, 15) is 0 Å². The summed E-state index contributed by atoms with van der Waals surface area (Å²) in [6.45, 7) is 0.485. The smallest absolute Gasteiger partial charge is 0.322 e. The number of anilines is 1. The number of nitrogens with zero attached hydrogens (tertiary/aromatic N) is 3. The van der Waals surface area contributed by atoms with Gasteiger partial charge in [0.05, 0.1) is 12.2 Å². The number of benzene rings is 2. The fourth-order valence-corrected chi connectivity index (χ4v) is 3.80. The highest BCUT2D eigenvalue weighted by Crippen LogP contribution is 2.30. The Bertz CT molecular complexity index is 1210. The number of halogens is 1. The molecule has 0 bridgehead atoms. The molecule has 5 aromatic rings. The van der Waals surface area contributed by atoms with Gasteiger partial charge in [-0.05, 0) is 36.4 Å². The van der Waals surface area contributed by atoms with Crippen molar-refractivity contribution in [1.82, 2.24) is 15.1 Å². The summed E-state index contributed by atoms with van der Waals surface area (Å²) in [6.07, 6.45) is 0. The largest absolute Gasteiger partial charge is 0.454 e. The van der Waals surface area contributed by atoms with E-state index in [0.29, 0.717) is 18.4 Å². The van der Waals surface area contributed by atoms with Gasteiger partial charge < -0.3 is 14.3 Å². The van der Waals surface area contributed by atoms with Crippen LogP contribution in [-0.4, -0.2) is 15.1 Å². The predicted octanol–water partition coefficient (Wildman–Crippen LogP) is 5.98. The van der Waals surface area contributed by atoms with Crippen molar-refractivity contribution in [3.8, 4) is 22.2 Å². The molecule has 3 aromatic heterocycles. The zero-order valence-corrected chi connectivity index (χ0v) is 16.8. The maximum absolute atomic E-state index is 5.87. The summed E-state index contributed by atoms with van der Waals surface area (Å²) in [5.74, 6) is 1.31. The fourth-order valence-electron chi connectivity index (χ4n) is 2.77. The first-order valence-corrected chi connectivity index (χ1v) is 10.2. The van der Waals surface area contributed by atoms with Gasteiger partial charge in [-0.2, -0.15) is 4.98 Å². The molecule has 2 aromatic carbocycles. The van der Waals surface area contributed by atoms with E-state index >= 15 is 0 Å². The second kappa shape index (κ2) is 7.21. The predicted molar refractivity (Wildman–Crippen MR) is 112 cm³/mol. The molecule has 8 heteroatoms. The van der Waals surface area contributed by atoms with Crippen molar-refractivity contribution in [1.29, 1.82) is 0 Å². The standard InChI is InChI=1S/C20H13BrN4O2S/c21-14-7-5-12(6-8-14)18-24-20(27-25-18)22-10-15-11-28-19(23-15)17-9-13-3-1-2-4-16(13)26-17/h1-9,11H,10H2,(H,22,24,25). The van der Waals surface area contributed by atoms with E-state index in [0.717, 1.165) is 37.5 Å². The molecule has 0 saturated carbocycles. The van der Waals surface area contributed by atoms with Crippen LogP contribution in [-0.2, 0) is 6.54 Å². The minimum atomic E-state index is 0.358.